The first kappa shape index (κ1) is 61.6. The lowest BCUT2D eigenvalue weighted by atomic mass is 9.97. The summed E-state index contributed by atoms with van der Waals surface area (Å²) in [7, 11) is 0. The lowest BCUT2D eigenvalue weighted by Gasteiger charge is -2.10. The Kier molecular flexibility index (Phi) is 19.2. The van der Waals surface area contributed by atoms with E-state index < -0.39 is 29.4 Å². The summed E-state index contributed by atoms with van der Waals surface area (Å²) >= 11 is 5.57. The predicted molar refractivity (Wildman–Crippen MR) is 345 cm³/mol. The van der Waals surface area contributed by atoms with E-state index in [1.165, 1.54) is 85.4 Å². The molecule has 11 heteroatoms. The van der Waals surface area contributed by atoms with Crippen molar-refractivity contribution in [3.63, 3.8) is 0 Å². The number of hydrogen-bond acceptors (Lipinski definition) is 2. The van der Waals surface area contributed by atoms with Crippen molar-refractivity contribution >= 4 is 43.9 Å². The Bertz CT molecular complexity index is 4340. The van der Waals surface area contributed by atoms with Crippen LogP contribution in [0.3, 0.4) is 0 Å². The minimum absolute atomic E-state index is 0.221. The van der Waals surface area contributed by atoms with Gasteiger partial charge in [0, 0.05) is 0 Å². The number of benzene rings is 12. The molecule has 0 heterocycles. The topological polar surface area (TPSA) is 18.5 Å². The maximum absolute atomic E-state index is 13.7. The average molecular weight is 1200 g/mol. The Labute approximate surface area is 511 Å². The summed E-state index contributed by atoms with van der Waals surface area (Å²) in [6.07, 6.45) is -2.23. The molecule has 12 aromatic rings. The summed E-state index contributed by atoms with van der Waals surface area (Å²) in [6, 6.07) is 76.8. The maximum Gasteiger partial charge on any atom is 0.573 e. The summed E-state index contributed by atoms with van der Waals surface area (Å²) in [4.78, 5) is 0. The summed E-state index contributed by atoms with van der Waals surface area (Å²) in [5.41, 5.74) is 15.3. The predicted octanol–water partition coefficient (Wildman–Crippen LogP) is 23.9. The van der Waals surface area contributed by atoms with Gasteiger partial charge in [0.15, 0.2) is 0 Å². The molecule has 0 N–H and O–H groups in total. The summed E-state index contributed by atoms with van der Waals surface area (Å²) in [5, 5.41) is 6.78. The minimum Gasteiger partial charge on any atom is -0.406 e. The van der Waals surface area contributed by atoms with Crippen LogP contribution in [0.4, 0.5) is 35.1 Å². The van der Waals surface area contributed by atoms with Crippen LogP contribution < -0.4 is 9.47 Å². The normalized spacial score (nSPS) is 11.4. The maximum atomic E-state index is 13.7. The van der Waals surface area contributed by atoms with E-state index >= 15 is 0 Å². The number of aryl methyl sites for hydroxylation is 3. The van der Waals surface area contributed by atoms with Crippen LogP contribution in [0.15, 0.2) is 255 Å². The van der Waals surface area contributed by atoms with Crippen molar-refractivity contribution in [2.24, 2.45) is 0 Å². The van der Waals surface area contributed by atoms with E-state index in [2.05, 4.69) is 139 Å². The van der Waals surface area contributed by atoms with E-state index in [1.807, 2.05) is 78.9 Å². The molecule has 0 aromatic heterocycles. The van der Waals surface area contributed by atoms with E-state index in [4.69, 9.17) is 11.6 Å². The molecule has 0 amide bonds. The first-order valence-electron chi connectivity index (χ1n) is 28.7. The van der Waals surface area contributed by atoms with E-state index in [0.29, 0.717) is 5.56 Å². The molecular formula is C77H59ClF8O2. The van der Waals surface area contributed by atoms with Crippen molar-refractivity contribution in [2.75, 3.05) is 0 Å². The van der Waals surface area contributed by atoms with Gasteiger partial charge in [-0.25, -0.2) is 8.78 Å². The minimum atomic E-state index is -4.68. The number of fused-ring (bicyclic) bond motifs is 3. The molecule has 0 aliphatic carbocycles. The third kappa shape index (κ3) is 15.9. The molecule has 442 valence electrons. The zero-order valence-corrected chi connectivity index (χ0v) is 48.9. The standard InChI is InChI=1S/C26H19ClF2.C26H21F3O.C25H19F3O/c1-2-3-4-17-5-6-22-14-21(12-11-20(22)13-17)18-7-9-19(10-8-18)23-15-24(28)26(27)25(29)16-23;1-2-3-18-4-5-24-17-23(11-10-22(24)16-18)21-8-6-19(7-9-21)20-12-14-25(15-13-20)30-26(27,28)29;1-2-17-3-4-23-16-22(10-9-21(23)15-17)20-7-5-18(6-8-20)19-11-13-24(14-12-19)29-25(26,27)28/h2,5-16H,1,3-4H2;4-17H,2-3H2,1H3;3-16H,2H2,1H3. The highest BCUT2D eigenvalue weighted by Gasteiger charge is 2.32. The van der Waals surface area contributed by atoms with Gasteiger partial charge in [0.1, 0.15) is 28.2 Å². The van der Waals surface area contributed by atoms with Gasteiger partial charge < -0.3 is 9.47 Å². The molecule has 0 atom stereocenters. The van der Waals surface area contributed by atoms with Gasteiger partial charge in [-0.05, 0) is 196 Å². The molecule has 2 nitrogen and oxygen atoms in total. The molecule has 0 fully saturated rings. The zero-order chi connectivity index (χ0) is 62.0. The van der Waals surface area contributed by atoms with Gasteiger partial charge in [-0.1, -0.05) is 226 Å². The molecule has 0 radical (unpaired) electrons. The third-order valence-electron chi connectivity index (χ3n) is 15.1. The van der Waals surface area contributed by atoms with Crippen molar-refractivity contribution in [3.8, 4) is 78.3 Å². The number of rotatable bonds is 14. The molecule has 0 saturated heterocycles. The van der Waals surface area contributed by atoms with Gasteiger partial charge >= 0.3 is 12.7 Å². The molecule has 0 spiro atoms. The summed E-state index contributed by atoms with van der Waals surface area (Å²) < 4.78 is 109. The molecule has 0 aliphatic rings. The third-order valence-corrected chi connectivity index (χ3v) is 15.5. The Hall–Kier alpha value is -9.51. The quantitative estimate of drug-likeness (QED) is 0.0614. The largest absolute Gasteiger partial charge is 0.573 e. The van der Waals surface area contributed by atoms with Crippen molar-refractivity contribution < 1.29 is 44.6 Å². The number of ether oxygens (including phenoxy) is 2. The fourth-order valence-electron chi connectivity index (χ4n) is 10.5. The van der Waals surface area contributed by atoms with Crippen LogP contribution in [0.2, 0.25) is 5.02 Å². The van der Waals surface area contributed by atoms with Gasteiger partial charge in [0.05, 0.1) is 0 Å². The Balaban J connectivity index is 0.000000146. The second-order valence-corrected chi connectivity index (χ2v) is 21.6. The summed E-state index contributed by atoms with van der Waals surface area (Å²) in [5.74, 6) is -1.96. The van der Waals surface area contributed by atoms with Crippen LogP contribution in [-0.4, -0.2) is 12.7 Å². The molecule has 0 unspecified atom stereocenters. The molecule has 88 heavy (non-hydrogen) atoms. The average Bonchev–Trinajstić information content (AvgIpc) is 2.35. The van der Waals surface area contributed by atoms with Gasteiger partial charge in [-0.15, -0.1) is 32.9 Å². The highest BCUT2D eigenvalue weighted by Crippen LogP contribution is 2.35. The fraction of sp³-hybridized carbons (Fsp3) is 0.117. The Morgan fingerprint density at radius 2 is 0.614 bits per heavy atom. The zero-order valence-electron chi connectivity index (χ0n) is 48.1. The van der Waals surface area contributed by atoms with Gasteiger partial charge in [0.2, 0.25) is 0 Å². The Morgan fingerprint density at radius 3 is 0.943 bits per heavy atom. The highest BCUT2D eigenvalue weighted by atomic mass is 35.5. The molecular weight excluding hydrogens is 1140 g/mol. The molecule has 0 saturated carbocycles. The second-order valence-electron chi connectivity index (χ2n) is 21.3. The molecule has 12 aromatic carbocycles. The van der Waals surface area contributed by atoms with Gasteiger partial charge in [-0.2, -0.15) is 0 Å². The first-order chi connectivity index (χ1) is 42.4. The summed E-state index contributed by atoms with van der Waals surface area (Å²) in [6.45, 7) is 8.11. The Morgan fingerprint density at radius 1 is 0.341 bits per heavy atom. The van der Waals surface area contributed by atoms with Gasteiger partial charge in [-0.3, -0.25) is 0 Å². The van der Waals surface area contributed by atoms with Gasteiger partial charge in [0.25, 0.3) is 0 Å². The van der Waals surface area contributed by atoms with Crippen LogP contribution in [0.1, 0.15) is 43.4 Å². The van der Waals surface area contributed by atoms with E-state index in [-0.39, 0.29) is 11.5 Å². The van der Waals surface area contributed by atoms with Crippen molar-refractivity contribution in [1.29, 1.82) is 0 Å². The smallest absolute Gasteiger partial charge is 0.406 e. The number of alkyl halides is 6. The number of halogens is 9. The van der Waals surface area contributed by atoms with E-state index in [1.54, 1.807) is 24.3 Å². The van der Waals surface area contributed by atoms with Crippen LogP contribution >= 0.6 is 11.6 Å². The monoisotopic (exact) mass is 1200 g/mol. The molecule has 0 bridgehead atoms. The second kappa shape index (κ2) is 27.5. The molecule has 12 rings (SSSR count). The van der Waals surface area contributed by atoms with Crippen LogP contribution in [0.5, 0.6) is 11.5 Å². The number of allylic oxidation sites excluding steroid dienone is 1. The van der Waals surface area contributed by atoms with E-state index in [9.17, 15) is 35.1 Å². The van der Waals surface area contributed by atoms with Crippen LogP contribution in [-0.2, 0) is 19.3 Å². The number of hydrogen-bond donors (Lipinski definition) is 0. The molecule has 0 aliphatic heterocycles. The lowest BCUT2D eigenvalue weighted by Crippen LogP contribution is -2.16. The highest BCUT2D eigenvalue weighted by molar-refractivity contribution is 6.31. The van der Waals surface area contributed by atoms with Crippen molar-refractivity contribution in [2.45, 2.75) is 58.7 Å². The van der Waals surface area contributed by atoms with Crippen molar-refractivity contribution in [3.05, 3.63) is 289 Å². The van der Waals surface area contributed by atoms with Crippen LogP contribution in [0, 0.1) is 11.6 Å². The van der Waals surface area contributed by atoms with E-state index in [0.717, 1.165) is 93.3 Å². The van der Waals surface area contributed by atoms with Crippen LogP contribution in [0.25, 0.3) is 99.1 Å². The van der Waals surface area contributed by atoms with Crippen molar-refractivity contribution in [1.82, 2.24) is 0 Å². The SMILES string of the molecule is C=CCCc1ccc2cc(-c3ccc(-c4cc(F)c(Cl)c(F)c4)cc3)ccc2c1.CCCc1ccc2cc(-c3ccc(-c4ccc(OC(F)(F)F)cc4)cc3)ccc2c1.CCc1ccc2cc(-c3ccc(-c4ccc(OC(F)(F)F)cc4)cc3)ccc2c1. The first-order valence-corrected chi connectivity index (χ1v) is 29.1. The fourth-order valence-corrected chi connectivity index (χ4v) is 10.6. The lowest BCUT2D eigenvalue weighted by molar-refractivity contribution is -0.275.